The molecular weight excluding hydrogens is 200 g/mol. The first kappa shape index (κ1) is 10.6. The van der Waals surface area contributed by atoms with E-state index in [-0.39, 0.29) is 11.4 Å². The topological polar surface area (TPSA) is 72.2 Å². The summed E-state index contributed by atoms with van der Waals surface area (Å²) < 4.78 is 25.1. The normalized spacial score (nSPS) is 10.8. The summed E-state index contributed by atoms with van der Waals surface area (Å²) >= 11 is 0. The Bertz CT molecular complexity index is 443. The number of nitrogen functional groups attached to an aromatic ring is 1. The van der Waals surface area contributed by atoms with Gasteiger partial charge >= 0.3 is 0 Å². The average molecular weight is 210 g/mol. The lowest BCUT2D eigenvalue weighted by atomic mass is 10.3. The van der Waals surface area contributed by atoms with E-state index >= 15 is 0 Å². The third-order valence-corrected chi connectivity index (χ3v) is 2.97. The predicted octanol–water partition coefficient (Wildman–Crippen LogP) is 0.180. The molecule has 3 N–H and O–H groups in total. The minimum Gasteiger partial charge on any atom is -0.399 e. The van der Waals surface area contributed by atoms with Gasteiger partial charge in [0.2, 0.25) is 10.0 Å². The molecule has 0 atom stereocenters. The summed E-state index contributed by atoms with van der Waals surface area (Å²) in [5.74, 6) is 2.19. The molecular formula is C9H10N2O2S. The molecule has 0 aromatic heterocycles. The van der Waals surface area contributed by atoms with Gasteiger partial charge in [0.05, 0.1) is 11.4 Å². The molecule has 0 aliphatic heterocycles. The van der Waals surface area contributed by atoms with Gasteiger partial charge in [-0.2, -0.15) is 4.72 Å². The first-order valence-corrected chi connectivity index (χ1v) is 5.33. The highest BCUT2D eigenvalue weighted by Crippen LogP contribution is 2.10. The van der Waals surface area contributed by atoms with Gasteiger partial charge in [0, 0.05) is 5.69 Å². The fourth-order valence-electron chi connectivity index (χ4n) is 0.867. The molecule has 74 valence electrons. The molecule has 0 amide bonds. The van der Waals surface area contributed by atoms with Crippen LogP contribution in [0.1, 0.15) is 0 Å². The average Bonchev–Trinajstić information content (AvgIpc) is 2.16. The number of hydrogen-bond donors (Lipinski definition) is 2. The van der Waals surface area contributed by atoms with Gasteiger partial charge in [-0.25, -0.2) is 8.42 Å². The Morgan fingerprint density at radius 1 is 1.36 bits per heavy atom. The van der Waals surface area contributed by atoms with Crippen LogP contribution < -0.4 is 10.5 Å². The molecule has 0 saturated heterocycles. The smallest absolute Gasteiger partial charge is 0.241 e. The molecule has 1 rings (SSSR count). The third kappa shape index (κ3) is 2.49. The van der Waals surface area contributed by atoms with Gasteiger partial charge in [0.1, 0.15) is 0 Å². The van der Waals surface area contributed by atoms with Gasteiger partial charge in [0.25, 0.3) is 0 Å². The van der Waals surface area contributed by atoms with Gasteiger partial charge in [0.15, 0.2) is 0 Å². The number of terminal acetylenes is 1. The maximum Gasteiger partial charge on any atom is 0.241 e. The van der Waals surface area contributed by atoms with E-state index in [1.165, 1.54) is 24.3 Å². The van der Waals surface area contributed by atoms with Crippen molar-refractivity contribution in [1.29, 1.82) is 0 Å². The van der Waals surface area contributed by atoms with Crippen LogP contribution >= 0.6 is 0 Å². The van der Waals surface area contributed by atoms with Crippen LogP contribution in [0.15, 0.2) is 29.2 Å². The zero-order chi connectivity index (χ0) is 10.6. The molecule has 1 aromatic carbocycles. The summed E-state index contributed by atoms with van der Waals surface area (Å²) in [5.41, 5.74) is 5.94. The van der Waals surface area contributed by atoms with E-state index in [4.69, 9.17) is 12.2 Å². The SMILES string of the molecule is C#CCNS(=O)(=O)c1ccc(N)cc1. The van der Waals surface area contributed by atoms with Crippen LogP contribution in [0.2, 0.25) is 0 Å². The monoisotopic (exact) mass is 210 g/mol. The molecule has 0 bridgehead atoms. The molecule has 0 radical (unpaired) electrons. The zero-order valence-electron chi connectivity index (χ0n) is 7.40. The van der Waals surface area contributed by atoms with Crippen molar-refractivity contribution < 1.29 is 8.42 Å². The van der Waals surface area contributed by atoms with Crippen LogP contribution in [0.5, 0.6) is 0 Å². The second-order valence-corrected chi connectivity index (χ2v) is 4.36. The van der Waals surface area contributed by atoms with E-state index in [9.17, 15) is 8.42 Å². The van der Waals surface area contributed by atoms with Gasteiger partial charge in [-0.15, -0.1) is 6.42 Å². The van der Waals surface area contributed by atoms with Crippen molar-refractivity contribution in [2.75, 3.05) is 12.3 Å². The van der Waals surface area contributed by atoms with E-state index in [1.807, 2.05) is 0 Å². The van der Waals surface area contributed by atoms with Crippen LogP contribution in [0.3, 0.4) is 0 Å². The molecule has 0 spiro atoms. The molecule has 1 aromatic rings. The van der Waals surface area contributed by atoms with Crippen LogP contribution in [-0.2, 0) is 10.0 Å². The summed E-state index contributed by atoms with van der Waals surface area (Å²) in [4.78, 5) is 0.155. The highest BCUT2D eigenvalue weighted by Gasteiger charge is 2.11. The predicted molar refractivity (Wildman–Crippen MR) is 54.9 cm³/mol. The fraction of sp³-hybridized carbons (Fsp3) is 0.111. The maximum absolute atomic E-state index is 11.5. The number of nitrogens with two attached hydrogens (primary N) is 1. The molecule has 0 aliphatic carbocycles. The van der Waals surface area contributed by atoms with Gasteiger partial charge in [-0.1, -0.05) is 5.92 Å². The molecule has 14 heavy (non-hydrogen) atoms. The summed E-state index contributed by atoms with van der Waals surface area (Å²) in [7, 11) is -3.49. The minimum atomic E-state index is -3.49. The van der Waals surface area contributed by atoms with E-state index in [2.05, 4.69) is 10.6 Å². The number of nitrogens with one attached hydrogen (secondary N) is 1. The van der Waals surface area contributed by atoms with Crippen molar-refractivity contribution in [3.63, 3.8) is 0 Å². The van der Waals surface area contributed by atoms with Crippen molar-refractivity contribution in [3.8, 4) is 12.3 Å². The van der Waals surface area contributed by atoms with Crippen molar-refractivity contribution in [3.05, 3.63) is 24.3 Å². The first-order chi connectivity index (χ1) is 6.56. The Hall–Kier alpha value is -1.51. The summed E-state index contributed by atoms with van der Waals surface area (Å²) in [6.45, 7) is -0.0211. The van der Waals surface area contributed by atoms with Gasteiger partial charge in [-0.3, -0.25) is 0 Å². The Balaban J connectivity index is 2.94. The lowest BCUT2D eigenvalue weighted by Crippen LogP contribution is -2.23. The van der Waals surface area contributed by atoms with Crippen LogP contribution in [0, 0.1) is 12.3 Å². The quantitative estimate of drug-likeness (QED) is 0.552. The number of hydrogen-bond acceptors (Lipinski definition) is 3. The summed E-state index contributed by atoms with van der Waals surface area (Å²) in [6, 6.07) is 5.89. The Kier molecular flexibility index (Phi) is 3.12. The van der Waals surface area contributed by atoms with E-state index in [0.717, 1.165) is 0 Å². The van der Waals surface area contributed by atoms with Crippen LogP contribution in [-0.4, -0.2) is 15.0 Å². The number of rotatable bonds is 3. The molecule has 0 saturated carbocycles. The minimum absolute atomic E-state index is 0.0211. The van der Waals surface area contributed by atoms with Gasteiger partial charge < -0.3 is 5.73 Å². The number of sulfonamides is 1. The molecule has 0 fully saturated rings. The second-order valence-electron chi connectivity index (χ2n) is 2.60. The van der Waals surface area contributed by atoms with Crippen LogP contribution in [0.25, 0.3) is 0 Å². The van der Waals surface area contributed by atoms with Crippen molar-refractivity contribution in [2.45, 2.75) is 4.90 Å². The lowest BCUT2D eigenvalue weighted by molar-refractivity contribution is 0.586. The maximum atomic E-state index is 11.5. The van der Waals surface area contributed by atoms with Gasteiger partial charge in [-0.05, 0) is 24.3 Å². The number of anilines is 1. The molecule has 0 heterocycles. The molecule has 0 unspecified atom stereocenters. The highest BCUT2D eigenvalue weighted by molar-refractivity contribution is 7.89. The fourth-order valence-corrected chi connectivity index (χ4v) is 1.80. The molecule has 4 nitrogen and oxygen atoms in total. The summed E-state index contributed by atoms with van der Waals surface area (Å²) in [6.07, 6.45) is 4.94. The van der Waals surface area contributed by atoms with Crippen molar-refractivity contribution >= 4 is 15.7 Å². The largest absolute Gasteiger partial charge is 0.399 e. The lowest BCUT2D eigenvalue weighted by Gasteiger charge is -2.03. The molecule has 5 heteroatoms. The Morgan fingerprint density at radius 3 is 2.43 bits per heavy atom. The third-order valence-electron chi connectivity index (χ3n) is 1.55. The second kappa shape index (κ2) is 4.13. The standard InChI is InChI=1S/C9H10N2O2S/c1-2-7-11-14(12,13)9-5-3-8(10)4-6-9/h1,3-6,11H,7,10H2. The number of benzene rings is 1. The van der Waals surface area contributed by atoms with E-state index in [1.54, 1.807) is 0 Å². The zero-order valence-corrected chi connectivity index (χ0v) is 8.21. The Labute approximate surface area is 83.2 Å². The van der Waals surface area contributed by atoms with Crippen LogP contribution in [0.4, 0.5) is 5.69 Å². The van der Waals surface area contributed by atoms with Crippen molar-refractivity contribution in [2.24, 2.45) is 0 Å². The van der Waals surface area contributed by atoms with E-state index < -0.39 is 10.0 Å². The Morgan fingerprint density at radius 2 is 1.93 bits per heavy atom. The van der Waals surface area contributed by atoms with E-state index in [0.29, 0.717) is 5.69 Å². The van der Waals surface area contributed by atoms with Crippen molar-refractivity contribution in [1.82, 2.24) is 4.72 Å². The highest BCUT2D eigenvalue weighted by atomic mass is 32.2. The first-order valence-electron chi connectivity index (χ1n) is 3.85. The molecule has 0 aliphatic rings. The summed E-state index contributed by atoms with van der Waals surface area (Å²) in [5, 5.41) is 0.